The summed E-state index contributed by atoms with van der Waals surface area (Å²) in [6.45, 7) is 17.9. The molecule has 0 heterocycles. The number of hydrogen-bond acceptors (Lipinski definition) is 4. The van der Waals surface area contributed by atoms with Crippen LogP contribution in [-0.2, 0) is 15.6 Å². The molecule has 1 N–H and O–H groups in total. The predicted molar refractivity (Wildman–Crippen MR) is 194 cm³/mol. The number of aliphatic hydroxyl groups is 1. The van der Waals surface area contributed by atoms with Crippen LogP contribution in [0.5, 0.6) is 5.75 Å². The second kappa shape index (κ2) is 15.9. The molecule has 262 valence electrons. The lowest BCUT2D eigenvalue weighted by Gasteiger charge is -2.52. The molecule has 7 atom stereocenters. The summed E-state index contributed by atoms with van der Waals surface area (Å²) in [5.41, 5.74) is 3.31. The third-order valence-corrected chi connectivity index (χ3v) is 17.7. The first-order chi connectivity index (χ1) is 21.8. The highest BCUT2D eigenvalue weighted by molar-refractivity contribution is 6.74. The van der Waals surface area contributed by atoms with Crippen LogP contribution in [0.25, 0.3) is 0 Å². The molecule has 4 rings (SSSR count). The van der Waals surface area contributed by atoms with E-state index in [1.165, 1.54) is 31.2 Å². The van der Waals surface area contributed by atoms with Crippen molar-refractivity contribution in [3.8, 4) is 5.75 Å². The van der Waals surface area contributed by atoms with Crippen LogP contribution < -0.4 is 4.74 Å². The monoisotopic (exact) mass is 655 g/mol. The number of carbonyl (C=O) groups is 1. The highest BCUT2D eigenvalue weighted by Crippen LogP contribution is 2.64. The van der Waals surface area contributed by atoms with Gasteiger partial charge in [-0.3, -0.25) is 4.79 Å². The average molecular weight is 656 g/mol. The standard InChI is InChI=1S/C40H69NO4Si/c1-10-11-25-41(6)37(43)16-14-12-13-15-29(28-42)17-18-31-27-36-35-21-19-30-26-32(44-7)20-22-33(30)34(35)23-24-40(36,5)38(31)45-46(8,9)39(2,3)4/h20,22,26,29,31,34-36,38,42H,10-19,21,23-25,27-28H2,1-9H3/t29?,31-,34-,35-,36+,38+,40+/m1/s1. The number of unbranched alkanes of at least 4 members (excludes halogenated alkanes) is 3. The summed E-state index contributed by atoms with van der Waals surface area (Å²) in [5.74, 6) is 4.25. The van der Waals surface area contributed by atoms with Crippen LogP contribution in [0.3, 0.4) is 0 Å². The molecule has 1 unspecified atom stereocenters. The first-order valence-electron chi connectivity index (χ1n) is 18.9. The minimum atomic E-state index is -1.96. The van der Waals surface area contributed by atoms with Crippen molar-refractivity contribution in [2.45, 2.75) is 155 Å². The number of fused-ring (bicyclic) bond motifs is 5. The van der Waals surface area contributed by atoms with Gasteiger partial charge in [0.1, 0.15) is 5.75 Å². The SMILES string of the molecule is CCCCN(C)C(=O)CCCCCC(CO)CC[C@@H]1C[C@H]2[C@@H]3CCc4cc(OC)ccc4[C@H]3CC[C@]2(C)[C@H]1O[Si](C)(C)C(C)(C)C. The average Bonchev–Trinajstić information content (AvgIpc) is 3.30. The summed E-state index contributed by atoms with van der Waals surface area (Å²) in [7, 11) is 1.75. The van der Waals surface area contributed by atoms with Gasteiger partial charge < -0.3 is 19.2 Å². The normalized spacial score (nSPS) is 28.3. The number of amides is 1. The van der Waals surface area contributed by atoms with E-state index in [1.54, 1.807) is 12.7 Å². The van der Waals surface area contributed by atoms with Gasteiger partial charge in [-0.2, -0.15) is 0 Å². The van der Waals surface area contributed by atoms with Crippen molar-refractivity contribution in [1.82, 2.24) is 4.90 Å². The molecule has 1 aromatic rings. The zero-order chi connectivity index (χ0) is 33.7. The van der Waals surface area contributed by atoms with Gasteiger partial charge in [0.25, 0.3) is 0 Å². The molecule has 1 aromatic carbocycles. The van der Waals surface area contributed by atoms with E-state index in [0.29, 0.717) is 36.2 Å². The Morgan fingerprint density at radius 3 is 2.57 bits per heavy atom. The minimum absolute atomic E-state index is 0.186. The molecule has 0 spiro atoms. The fourth-order valence-electron chi connectivity index (χ4n) is 9.19. The van der Waals surface area contributed by atoms with E-state index in [1.807, 2.05) is 11.9 Å². The first-order valence-corrected chi connectivity index (χ1v) is 21.9. The summed E-state index contributed by atoms with van der Waals surface area (Å²) >= 11 is 0. The summed E-state index contributed by atoms with van der Waals surface area (Å²) in [5, 5.41) is 10.6. The van der Waals surface area contributed by atoms with Gasteiger partial charge >= 0.3 is 0 Å². The van der Waals surface area contributed by atoms with Crippen LogP contribution in [0.1, 0.15) is 135 Å². The number of rotatable bonds is 16. The van der Waals surface area contributed by atoms with Crippen LogP contribution in [0.2, 0.25) is 18.1 Å². The number of benzene rings is 1. The Morgan fingerprint density at radius 1 is 1.13 bits per heavy atom. The number of methoxy groups -OCH3 is 1. The minimum Gasteiger partial charge on any atom is -0.497 e. The van der Waals surface area contributed by atoms with Crippen molar-refractivity contribution in [3.05, 3.63) is 29.3 Å². The molecule has 1 amide bonds. The number of hydrogen-bond donors (Lipinski definition) is 1. The number of nitrogens with zero attached hydrogens (tertiary/aromatic N) is 1. The fourth-order valence-corrected chi connectivity index (χ4v) is 10.6. The molecule has 2 fully saturated rings. The molecule has 0 saturated heterocycles. The lowest BCUT2D eigenvalue weighted by atomic mass is 9.55. The number of carbonyl (C=O) groups excluding carboxylic acids is 1. The van der Waals surface area contributed by atoms with Crippen LogP contribution in [0.4, 0.5) is 0 Å². The van der Waals surface area contributed by atoms with E-state index in [-0.39, 0.29) is 23.0 Å². The lowest BCUT2D eigenvalue weighted by molar-refractivity contribution is -0.130. The maximum Gasteiger partial charge on any atom is 0.222 e. The Bertz CT molecular complexity index is 1130. The Kier molecular flexibility index (Phi) is 12.9. The fraction of sp³-hybridized carbons (Fsp3) is 0.825. The summed E-state index contributed by atoms with van der Waals surface area (Å²) in [4.78, 5) is 14.3. The van der Waals surface area contributed by atoms with Gasteiger partial charge in [0.15, 0.2) is 8.32 Å². The third kappa shape index (κ3) is 8.43. The number of aryl methyl sites for hydroxylation is 1. The van der Waals surface area contributed by atoms with Crippen LogP contribution in [0, 0.1) is 29.1 Å². The van der Waals surface area contributed by atoms with E-state index < -0.39 is 8.32 Å². The van der Waals surface area contributed by atoms with Gasteiger partial charge in [-0.1, -0.05) is 59.9 Å². The van der Waals surface area contributed by atoms with Gasteiger partial charge in [-0.15, -0.1) is 0 Å². The molecule has 6 heteroatoms. The van der Waals surface area contributed by atoms with Gasteiger partial charge in [0.05, 0.1) is 13.2 Å². The lowest BCUT2D eigenvalue weighted by Crippen LogP contribution is -2.51. The van der Waals surface area contributed by atoms with E-state index in [9.17, 15) is 9.90 Å². The van der Waals surface area contributed by atoms with Crippen molar-refractivity contribution < 1.29 is 19.1 Å². The van der Waals surface area contributed by atoms with Crippen molar-refractivity contribution in [1.29, 1.82) is 0 Å². The predicted octanol–water partition coefficient (Wildman–Crippen LogP) is 9.77. The van der Waals surface area contributed by atoms with Crippen molar-refractivity contribution >= 4 is 14.2 Å². The Balaban J connectivity index is 1.41. The molecule has 0 bridgehead atoms. The maximum atomic E-state index is 12.4. The molecule has 2 saturated carbocycles. The number of aliphatic hydroxyl groups excluding tert-OH is 1. The Morgan fingerprint density at radius 2 is 1.89 bits per heavy atom. The first kappa shape index (κ1) is 37.4. The molecule has 0 radical (unpaired) electrons. The molecule has 46 heavy (non-hydrogen) atoms. The van der Waals surface area contributed by atoms with Gasteiger partial charge in [0.2, 0.25) is 5.91 Å². The maximum absolute atomic E-state index is 12.4. The third-order valence-electron chi connectivity index (χ3n) is 13.2. The molecule has 3 aliphatic rings. The zero-order valence-electron chi connectivity index (χ0n) is 31.1. The number of ether oxygens (including phenoxy) is 1. The topological polar surface area (TPSA) is 59.0 Å². The second-order valence-corrected chi connectivity index (χ2v) is 22.0. The quantitative estimate of drug-likeness (QED) is 0.142. The smallest absolute Gasteiger partial charge is 0.222 e. The van der Waals surface area contributed by atoms with Crippen molar-refractivity contribution in [2.75, 3.05) is 27.3 Å². The Labute approximate surface area is 283 Å². The molecule has 0 aliphatic heterocycles. The van der Waals surface area contributed by atoms with Crippen molar-refractivity contribution in [3.63, 3.8) is 0 Å². The van der Waals surface area contributed by atoms with Crippen LogP contribution >= 0.6 is 0 Å². The summed E-state index contributed by atoms with van der Waals surface area (Å²) in [6.07, 6.45) is 15.8. The molecule has 3 aliphatic carbocycles. The Hall–Kier alpha value is -1.37. The highest BCUT2D eigenvalue weighted by atomic mass is 28.4. The van der Waals surface area contributed by atoms with Crippen LogP contribution in [0.15, 0.2) is 18.2 Å². The van der Waals surface area contributed by atoms with Crippen molar-refractivity contribution in [2.24, 2.45) is 29.1 Å². The van der Waals surface area contributed by atoms with Gasteiger partial charge in [-0.05, 0) is 141 Å². The molecular weight excluding hydrogens is 587 g/mol. The van der Waals surface area contributed by atoms with E-state index in [0.717, 1.165) is 76.0 Å². The van der Waals surface area contributed by atoms with Gasteiger partial charge in [-0.25, -0.2) is 0 Å². The molecule has 0 aromatic heterocycles. The highest BCUT2D eigenvalue weighted by Gasteiger charge is 2.60. The zero-order valence-corrected chi connectivity index (χ0v) is 32.1. The molecular formula is C40H69NO4Si. The largest absolute Gasteiger partial charge is 0.497 e. The second-order valence-electron chi connectivity index (χ2n) is 17.2. The summed E-state index contributed by atoms with van der Waals surface area (Å²) < 4.78 is 13.1. The van der Waals surface area contributed by atoms with E-state index in [2.05, 4.69) is 65.9 Å². The van der Waals surface area contributed by atoms with Gasteiger partial charge in [0, 0.05) is 26.6 Å². The van der Waals surface area contributed by atoms with E-state index >= 15 is 0 Å². The van der Waals surface area contributed by atoms with E-state index in [4.69, 9.17) is 9.16 Å². The molecule has 5 nitrogen and oxygen atoms in total. The summed E-state index contributed by atoms with van der Waals surface area (Å²) in [6, 6.07) is 6.84. The van der Waals surface area contributed by atoms with Crippen LogP contribution in [-0.4, -0.2) is 57.6 Å².